The van der Waals surface area contributed by atoms with Gasteiger partial charge in [-0.15, -0.1) is 0 Å². The fraction of sp³-hybridized carbons (Fsp3) is 0.767. The number of rotatable bonds is 5. The first-order valence-electron chi connectivity index (χ1n) is 13.8. The monoisotopic (exact) mass is 500 g/mol. The number of carbonyl (C=O) groups is 1. The molecule has 5 aliphatic heterocycles. The molecule has 0 radical (unpaired) electrons. The van der Waals surface area contributed by atoms with E-state index >= 15 is 0 Å². The zero-order chi connectivity index (χ0) is 26.0. The summed E-state index contributed by atoms with van der Waals surface area (Å²) in [5, 5.41) is 11.2. The standard InChI is InChI=1S/C30H44O6/c1-20-7-10-23(26(2,3)24(20)12-9-22-14-18-33-25(22)31)11-8-21-13-15-30(34-19-21)28(6)16-17-29(32,36-30)27(4,5)35-28/h9,12,14,21,23-24,32H,1,7-8,10-11,13,15-19H2,2-6H3/b12-9+/t21-,23+,24+,28-,29-,30+/m1/s1. The predicted molar refractivity (Wildman–Crippen MR) is 137 cm³/mol. The van der Waals surface area contributed by atoms with Crippen LogP contribution >= 0.6 is 0 Å². The molecule has 6 rings (SSSR count). The van der Waals surface area contributed by atoms with Crippen LogP contribution in [0.5, 0.6) is 0 Å². The smallest absolute Gasteiger partial charge is 0.338 e. The van der Waals surface area contributed by atoms with Crippen LogP contribution in [0.3, 0.4) is 0 Å². The van der Waals surface area contributed by atoms with Crippen LogP contribution in [0, 0.1) is 23.2 Å². The van der Waals surface area contributed by atoms with Crippen LogP contribution in [-0.4, -0.2) is 47.1 Å². The maximum absolute atomic E-state index is 11.8. The number of fused-ring (bicyclic) bond motifs is 2. The quantitative estimate of drug-likeness (QED) is 0.391. The molecule has 2 bridgehead atoms. The third kappa shape index (κ3) is 4.13. The minimum atomic E-state index is -1.31. The molecule has 200 valence electrons. The predicted octanol–water partition coefficient (Wildman–Crippen LogP) is 5.60. The highest BCUT2D eigenvalue weighted by molar-refractivity contribution is 5.93. The number of allylic oxidation sites excluding steroid dienone is 2. The van der Waals surface area contributed by atoms with Crippen molar-refractivity contribution in [3.05, 3.63) is 36.0 Å². The van der Waals surface area contributed by atoms with E-state index in [1.54, 1.807) is 0 Å². The maximum Gasteiger partial charge on any atom is 0.338 e. The minimum Gasteiger partial charge on any atom is -0.458 e. The van der Waals surface area contributed by atoms with Gasteiger partial charge in [-0.3, -0.25) is 0 Å². The number of cyclic esters (lactones) is 1. The normalized spacial score (nSPS) is 43.7. The summed E-state index contributed by atoms with van der Waals surface area (Å²) in [6.07, 6.45) is 13.4. The minimum absolute atomic E-state index is 0.0629. The molecular formula is C30H44O6. The van der Waals surface area contributed by atoms with Gasteiger partial charge in [0.05, 0.1) is 12.2 Å². The Hall–Kier alpha value is -1.47. The van der Waals surface area contributed by atoms with E-state index in [4.69, 9.17) is 18.9 Å². The SMILES string of the molecule is C=C1CC[C@@H](CC[C@@H]2CC[C@]3(OC2)O[C@]2(O)CC[C@@]3(C)OC2(C)C)C(C)(C)[C@H]1/C=C/C1=CCOC1=O. The van der Waals surface area contributed by atoms with Crippen LogP contribution in [-0.2, 0) is 23.7 Å². The topological polar surface area (TPSA) is 74.2 Å². The van der Waals surface area contributed by atoms with Crippen molar-refractivity contribution in [3.8, 4) is 0 Å². The summed E-state index contributed by atoms with van der Waals surface area (Å²) in [6.45, 7) is 16.0. The van der Waals surface area contributed by atoms with Crippen molar-refractivity contribution >= 4 is 5.97 Å². The molecule has 0 aromatic rings. The highest BCUT2D eigenvalue weighted by Gasteiger charge is 2.71. The average molecular weight is 501 g/mol. The number of ether oxygens (including phenoxy) is 4. The van der Waals surface area contributed by atoms with Gasteiger partial charge in [-0.25, -0.2) is 4.79 Å². The molecule has 0 unspecified atom stereocenters. The Balaban J connectivity index is 1.19. The molecule has 6 heteroatoms. The Morgan fingerprint density at radius 3 is 2.50 bits per heavy atom. The van der Waals surface area contributed by atoms with Crippen molar-refractivity contribution in [3.63, 3.8) is 0 Å². The molecule has 5 fully saturated rings. The van der Waals surface area contributed by atoms with Crippen LogP contribution in [0.4, 0.5) is 0 Å². The van der Waals surface area contributed by atoms with Gasteiger partial charge in [0.2, 0.25) is 5.79 Å². The van der Waals surface area contributed by atoms with Gasteiger partial charge in [-0.1, -0.05) is 38.2 Å². The number of hydrogen-bond acceptors (Lipinski definition) is 6. The molecule has 5 heterocycles. The molecule has 36 heavy (non-hydrogen) atoms. The van der Waals surface area contributed by atoms with Crippen LogP contribution < -0.4 is 0 Å². The number of hydrogen-bond donors (Lipinski definition) is 1. The van der Waals surface area contributed by atoms with E-state index in [0.29, 0.717) is 37.0 Å². The Labute approximate surface area is 216 Å². The lowest BCUT2D eigenvalue weighted by Crippen LogP contribution is -2.78. The van der Waals surface area contributed by atoms with Crippen LogP contribution in [0.15, 0.2) is 36.0 Å². The fourth-order valence-electron chi connectivity index (χ4n) is 7.47. The first kappa shape index (κ1) is 26.1. The molecule has 6 atom stereocenters. The molecular weight excluding hydrogens is 456 g/mol. The first-order valence-corrected chi connectivity index (χ1v) is 13.8. The van der Waals surface area contributed by atoms with E-state index < -0.39 is 22.8 Å². The number of esters is 1. The van der Waals surface area contributed by atoms with Crippen molar-refractivity contribution in [2.75, 3.05) is 13.2 Å². The van der Waals surface area contributed by atoms with E-state index in [9.17, 15) is 9.90 Å². The van der Waals surface area contributed by atoms with Crippen LogP contribution in [0.25, 0.3) is 0 Å². The van der Waals surface area contributed by atoms with Crippen LogP contribution in [0.2, 0.25) is 0 Å². The zero-order valence-electron chi connectivity index (χ0n) is 22.7. The van der Waals surface area contributed by atoms with Gasteiger partial charge in [0, 0.05) is 18.8 Å². The molecule has 1 N–H and O–H groups in total. The Morgan fingerprint density at radius 2 is 1.86 bits per heavy atom. The largest absolute Gasteiger partial charge is 0.458 e. The third-order valence-corrected chi connectivity index (χ3v) is 10.2. The van der Waals surface area contributed by atoms with E-state index in [0.717, 1.165) is 44.9 Å². The molecule has 0 aromatic heterocycles. The summed E-state index contributed by atoms with van der Waals surface area (Å²) in [6, 6.07) is 0. The van der Waals surface area contributed by atoms with Crippen LogP contribution in [0.1, 0.15) is 86.0 Å². The lowest BCUT2D eigenvalue weighted by Gasteiger charge is -2.66. The Kier molecular flexibility index (Phi) is 6.39. The van der Waals surface area contributed by atoms with E-state index in [1.165, 1.54) is 5.57 Å². The average Bonchev–Trinajstić information content (AvgIpc) is 3.20. The second-order valence-electron chi connectivity index (χ2n) is 13.1. The van der Waals surface area contributed by atoms with E-state index in [-0.39, 0.29) is 17.3 Å². The lowest BCUT2D eigenvalue weighted by atomic mass is 9.59. The van der Waals surface area contributed by atoms with Crippen molar-refractivity contribution in [1.82, 2.24) is 0 Å². The first-order chi connectivity index (χ1) is 16.8. The zero-order valence-corrected chi connectivity index (χ0v) is 22.7. The fourth-order valence-corrected chi connectivity index (χ4v) is 7.47. The number of aliphatic hydroxyl groups is 1. The second kappa shape index (κ2) is 8.79. The van der Waals surface area contributed by atoms with Crippen molar-refractivity contribution < 1.29 is 28.8 Å². The van der Waals surface area contributed by atoms with E-state index in [2.05, 4.69) is 33.4 Å². The van der Waals surface area contributed by atoms with Gasteiger partial charge in [0.25, 0.3) is 0 Å². The summed E-state index contributed by atoms with van der Waals surface area (Å²) < 4.78 is 24.3. The summed E-state index contributed by atoms with van der Waals surface area (Å²) in [7, 11) is 0. The number of carbonyl (C=O) groups excluding carboxylic acids is 1. The van der Waals surface area contributed by atoms with E-state index in [1.807, 2.05) is 26.0 Å². The Bertz CT molecular complexity index is 968. The molecule has 6 nitrogen and oxygen atoms in total. The summed E-state index contributed by atoms with van der Waals surface area (Å²) >= 11 is 0. The summed E-state index contributed by atoms with van der Waals surface area (Å²) in [5.74, 6) is -1.12. The molecule has 0 amide bonds. The van der Waals surface area contributed by atoms with Gasteiger partial charge >= 0.3 is 5.97 Å². The highest BCUT2D eigenvalue weighted by atomic mass is 16.8. The van der Waals surface area contributed by atoms with Gasteiger partial charge < -0.3 is 24.1 Å². The molecule has 1 saturated carbocycles. The van der Waals surface area contributed by atoms with Gasteiger partial charge in [0.1, 0.15) is 17.8 Å². The lowest BCUT2D eigenvalue weighted by molar-refractivity contribution is -0.522. The van der Waals surface area contributed by atoms with Gasteiger partial charge in [-0.2, -0.15) is 0 Å². The molecule has 1 aliphatic carbocycles. The molecule has 4 saturated heterocycles. The van der Waals surface area contributed by atoms with Crippen molar-refractivity contribution in [2.45, 2.75) is 109 Å². The van der Waals surface area contributed by atoms with Crippen molar-refractivity contribution in [1.29, 1.82) is 0 Å². The summed E-state index contributed by atoms with van der Waals surface area (Å²) in [4.78, 5) is 11.8. The van der Waals surface area contributed by atoms with Crippen molar-refractivity contribution in [2.24, 2.45) is 23.2 Å². The molecule has 0 aromatic carbocycles. The third-order valence-electron chi connectivity index (χ3n) is 10.2. The Morgan fingerprint density at radius 1 is 1.08 bits per heavy atom. The summed E-state index contributed by atoms with van der Waals surface area (Å²) in [5.41, 5.74) is 0.674. The van der Waals surface area contributed by atoms with Gasteiger partial charge in [-0.05, 0) is 82.6 Å². The molecule has 6 aliphatic rings. The second-order valence-corrected chi connectivity index (χ2v) is 13.1. The maximum atomic E-state index is 11.8. The van der Waals surface area contributed by atoms with Gasteiger partial charge in [0.15, 0.2) is 5.79 Å². The highest BCUT2D eigenvalue weighted by Crippen LogP contribution is 2.59. The molecule has 1 spiro atoms.